The molecule has 3 heteroatoms. The van der Waals surface area contributed by atoms with Crippen molar-refractivity contribution in [2.45, 2.75) is 6.61 Å². The molecule has 0 saturated heterocycles. The Labute approximate surface area is 77.9 Å². The lowest BCUT2D eigenvalue weighted by molar-refractivity contribution is 0.170. The number of benzene rings is 1. The molecule has 1 aromatic rings. The van der Waals surface area contributed by atoms with E-state index in [1.807, 2.05) is 24.3 Å². The molecular formula is C9H12O2S. The van der Waals surface area contributed by atoms with E-state index in [1.165, 1.54) is 0 Å². The topological polar surface area (TPSA) is 18.5 Å². The molecule has 0 N–H and O–H groups in total. The first-order valence-electron chi connectivity index (χ1n) is 3.68. The highest BCUT2D eigenvalue weighted by Gasteiger charge is 1.92. The molecule has 0 aromatic heterocycles. The van der Waals surface area contributed by atoms with Gasteiger partial charge in [0, 0.05) is 0 Å². The van der Waals surface area contributed by atoms with E-state index in [2.05, 4.69) is 12.6 Å². The fraction of sp³-hybridized carbons (Fsp3) is 0.333. The molecule has 12 heavy (non-hydrogen) atoms. The lowest BCUT2D eigenvalue weighted by atomic mass is 10.2. The number of thiol groups is 1. The van der Waals surface area contributed by atoms with Gasteiger partial charge in [-0.05, 0) is 17.7 Å². The van der Waals surface area contributed by atoms with Crippen LogP contribution in [0.4, 0.5) is 0 Å². The van der Waals surface area contributed by atoms with Crippen molar-refractivity contribution in [2.75, 3.05) is 13.0 Å². The molecule has 1 aromatic carbocycles. The first-order valence-corrected chi connectivity index (χ1v) is 4.31. The molecule has 0 unspecified atom stereocenters. The third-order valence-corrected chi connectivity index (χ3v) is 1.70. The number of ether oxygens (including phenoxy) is 2. The van der Waals surface area contributed by atoms with Crippen molar-refractivity contribution in [3.63, 3.8) is 0 Å². The highest BCUT2D eigenvalue weighted by Crippen LogP contribution is 2.11. The molecular weight excluding hydrogens is 172 g/mol. The van der Waals surface area contributed by atoms with E-state index in [0.717, 1.165) is 11.3 Å². The van der Waals surface area contributed by atoms with E-state index in [9.17, 15) is 0 Å². The summed E-state index contributed by atoms with van der Waals surface area (Å²) in [6, 6.07) is 7.78. The van der Waals surface area contributed by atoms with Crippen molar-refractivity contribution in [3.05, 3.63) is 29.8 Å². The molecule has 0 aliphatic heterocycles. The molecule has 0 radical (unpaired) electrons. The molecule has 0 heterocycles. The standard InChI is InChI=1S/C9H12O2S/c1-10-9-4-2-8(3-5-9)6-11-7-12/h2-5,12H,6-7H2,1H3. The minimum absolute atomic E-state index is 0.450. The summed E-state index contributed by atoms with van der Waals surface area (Å²) in [6.45, 7) is 0.605. The third-order valence-electron chi connectivity index (χ3n) is 1.52. The predicted octanol–water partition coefficient (Wildman–Crippen LogP) is 2.10. The molecule has 0 fully saturated rings. The maximum Gasteiger partial charge on any atom is 0.118 e. The fourth-order valence-corrected chi connectivity index (χ4v) is 0.977. The summed E-state index contributed by atoms with van der Waals surface area (Å²) in [5, 5.41) is 0. The molecule has 0 saturated carbocycles. The zero-order valence-electron chi connectivity index (χ0n) is 6.99. The molecule has 0 bridgehead atoms. The zero-order valence-corrected chi connectivity index (χ0v) is 7.88. The largest absolute Gasteiger partial charge is 0.497 e. The fourth-order valence-electron chi connectivity index (χ4n) is 0.885. The second-order valence-electron chi connectivity index (χ2n) is 2.33. The highest BCUT2D eigenvalue weighted by molar-refractivity contribution is 7.80. The highest BCUT2D eigenvalue weighted by atomic mass is 32.1. The third kappa shape index (κ3) is 2.75. The van der Waals surface area contributed by atoms with Crippen LogP contribution in [0.25, 0.3) is 0 Å². The minimum atomic E-state index is 0.450. The van der Waals surface area contributed by atoms with Gasteiger partial charge in [0.15, 0.2) is 0 Å². The van der Waals surface area contributed by atoms with Crippen molar-refractivity contribution in [1.82, 2.24) is 0 Å². The second-order valence-corrected chi connectivity index (χ2v) is 2.58. The van der Waals surface area contributed by atoms with E-state index in [0.29, 0.717) is 12.5 Å². The number of rotatable bonds is 4. The zero-order chi connectivity index (χ0) is 8.81. The average Bonchev–Trinajstić information content (AvgIpc) is 2.15. The van der Waals surface area contributed by atoms with Crippen molar-refractivity contribution in [3.8, 4) is 5.75 Å². The maximum absolute atomic E-state index is 5.12. The summed E-state index contributed by atoms with van der Waals surface area (Å²) in [5.41, 5.74) is 1.13. The molecule has 0 amide bonds. The Morgan fingerprint density at radius 2 is 1.92 bits per heavy atom. The average molecular weight is 184 g/mol. The van der Waals surface area contributed by atoms with E-state index in [4.69, 9.17) is 9.47 Å². The van der Waals surface area contributed by atoms with Crippen molar-refractivity contribution < 1.29 is 9.47 Å². The summed E-state index contributed by atoms with van der Waals surface area (Å²) >= 11 is 3.94. The number of hydrogen-bond donors (Lipinski definition) is 1. The van der Waals surface area contributed by atoms with Crippen LogP contribution in [0.1, 0.15) is 5.56 Å². The Morgan fingerprint density at radius 1 is 1.25 bits per heavy atom. The van der Waals surface area contributed by atoms with Gasteiger partial charge in [0.1, 0.15) is 5.75 Å². The van der Waals surface area contributed by atoms with Crippen LogP contribution in [0.15, 0.2) is 24.3 Å². The lowest BCUT2D eigenvalue weighted by Crippen LogP contribution is -1.90. The summed E-state index contributed by atoms with van der Waals surface area (Å²) in [5.74, 6) is 1.32. The Bertz CT molecular complexity index is 220. The summed E-state index contributed by atoms with van der Waals surface area (Å²) in [4.78, 5) is 0. The van der Waals surface area contributed by atoms with Gasteiger partial charge < -0.3 is 9.47 Å². The Balaban J connectivity index is 2.53. The Morgan fingerprint density at radius 3 is 2.42 bits per heavy atom. The van der Waals surface area contributed by atoms with Crippen LogP contribution in [0.2, 0.25) is 0 Å². The predicted molar refractivity (Wildman–Crippen MR) is 51.6 cm³/mol. The van der Waals surface area contributed by atoms with E-state index in [-0.39, 0.29) is 0 Å². The molecule has 2 nitrogen and oxygen atoms in total. The van der Waals surface area contributed by atoms with Crippen LogP contribution >= 0.6 is 12.6 Å². The molecule has 66 valence electrons. The molecule has 1 rings (SSSR count). The van der Waals surface area contributed by atoms with Crippen molar-refractivity contribution >= 4 is 12.6 Å². The van der Waals surface area contributed by atoms with Gasteiger partial charge in [-0.3, -0.25) is 0 Å². The van der Waals surface area contributed by atoms with Crippen molar-refractivity contribution in [2.24, 2.45) is 0 Å². The molecule has 0 spiro atoms. The van der Waals surface area contributed by atoms with E-state index >= 15 is 0 Å². The molecule has 0 aliphatic rings. The van der Waals surface area contributed by atoms with Crippen LogP contribution in [0, 0.1) is 0 Å². The van der Waals surface area contributed by atoms with Gasteiger partial charge in [-0.25, -0.2) is 0 Å². The quantitative estimate of drug-likeness (QED) is 0.570. The normalized spacial score (nSPS) is 9.83. The second kappa shape index (κ2) is 5.06. The summed E-state index contributed by atoms with van der Waals surface area (Å²) in [7, 11) is 1.65. The van der Waals surface area contributed by atoms with Gasteiger partial charge in [-0.2, -0.15) is 12.6 Å². The van der Waals surface area contributed by atoms with Gasteiger partial charge in [0.25, 0.3) is 0 Å². The van der Waals surface area contributed by atoms with Gasteiger partial charge in [0.05, 0.1) is 19.7 Å². The first-order chi connectivity index (χ1) is 5.86. The summed E-state index contributed by atoms with van der Waals surface area (Å²) < 4.78 is 10.1. The summed E-state index contributed by atoms with van der Waals surface area (Å²) in [6.07, 6.45) is 0. The molecule has 0 atom stereocenters. The van der Waals surface area contributed by atoms with Crippen LogP contribution in [-0.4, -0.2) is 13.0 Å². The van der Waals surface area contributed by atoms with Crippen LogP contribution in [0.5, 0.6) is 5.75 Å². The monoisotopic (exact) mass is 184 g/mol. The van der Waals surface area contributed by atoms with Gasteiger partial charge >= 0.3 is 0 Å². The SMILES string of the molecule is COc1ccc(COCS)cc1. The minimum Gasteiger partial charge on any atom is -0.497 e. The number of hydrogen-bond acceptors (Lipinski definition) is 3. The Kier molecular flexibility index (Phi) is 3.97. The molecule has 0 aliphatic carbocycles. The van der Waals surface area contributed by atoms with Gasteiger partial charge in [-0.1, -0.05) is 12.1 Å². The smallest absolute Gasteiger partial charge is 0.118 e. The lowest BCUT2D eigenvalue weighted by Gasteiger charge is -2.02. The van der Waals surface area contributed by atoms with Crippen LogP contribution in [0.3, 0.4) is 0 Å². The van der Waals surface area contributed by atoms with Gasteiger partial charge in [0.2, 0.25) is 0 Å². The van der Waals surface area contributed by atoms with Crippen LogP contribution in [-0.2, 0) is 11.3 Å². The Hall–Kier alpha value is -0.670. The van der Waals surface area contributed by atoms with E-state index < -0.39 is 0 Å². The van der Waals surface area contributed by atoms with Gasteiger partial charge in [-0.15, -0.1) is 0 Å². The number of methoxy groups -OCH3 is 1. The van der Waals surface area contributed by atoms with E-state index in [1.54, 1.807) is 7.11 Å². The maximum atomic E-state index is 5.12. The van der Waals surface area contributed by atoms with Crippen molar-refractivity contribution in [1.29, 1.82) is 0 Å². The van der Waals surface area contributed by atoms with Crippen LogP contribution < -0.4 is 4.74 Å². The first kappa shape index (κ1) is 9.42.